The van der Waals surface area contributed by atoms with Crippen molar-refractivity contribution in [2.75, 3.05) is 83.5 Å². The first-order valence-corrected chi connectivity index (χ1v) is 33.0. The maximum atomic E-state index is 12.5. The first-order valence-electron chi connectivity index (χ1n) is 31.8. The number of esters is 3. The van der Waals surface area contributed by atoms with Crippen LogP contribution in [0.5, 0.6) is 0 Å². The zero-order chi connectivity index (χ0) is 64.6. The third-order valence-electron chi connectivity index (χ3n) is 18.2. The molecule has 6 fully saturated rings. The van der Waals surface area contributed by atoms with E-state index in [-0.39, 0.29) is 168 Å². The number of nitrogens with zero attached hydrogens (tertiary/aromatic N) is 2. The zero-order valence-electron chi connectivity index (χ0n) is 55.5. The second-order valence-electron chi connectivity index (χ2n) is 24.3. The Kier molecular flexibility index (Phi) is 43.0. The molecule has 4 aromatic rings. The van der Waals surface area contributed by atoms with Crippen LogP contribution in [0.25, 0.3) is 0 Å². The molecular weight excluding hydrogens is 1470 g/mol. The molecule has 6 aliphatic rings. The Hall–Kier alpha value is -1.43. The summed E-state index contributed by atoms with van der Waals surface area (Å²) >= 11 is 18.1. The van der Waals surface area contributed by atoms with Crippen molar-refractivity contribution < 1.29 is 202 Å². The van der Waals surface area contributed by atoms with Gasteiger partial charge < -0.3 is 56.4 Å². The van der Waals surface area contributed by atoms with Gasteiger partial charge in [-0.3, -0.25) is 4.79 Å². The molecule has 0 radical (unpaired) electrons. The zero-order valence-corrected chi connectivity index (χ0v) is 69.3. The predicted octanol–water partition coefficient (Wildman–Crippen LogP) is 7.80. The number of halogens is 4. The summed E-state index contributed by atoms with van der Waals surface area (Å²) in [7, 11) is 3.99. The fraction of sp³-hybridized carbons (Fsp3) is 0.580. The van der Waals surface area contributed by atoms with E-state index in [9.17, 15) is 28.7 Å². The monoisotopic (exact) mass is 1560 g/mol. The molecule has 10 rings (SSSR count). The number of piperidine rings is 4. The van der Waals surface area contributed by atoms with Crippen molar-refractivity contribution in [2.24, 2.45) is 35.5 Å². The number of carbonyl (C=O) groups excluding carboxylic acids is 4. The van der Waals surface area contributed by atoms with Crippen molar-refractivity contribution in [1.29, 1.82) is 0 Å². The summed E-state index contributed by atoms with van der Waals surface area (Å²) < 4.78 is 26.4. The molecule has 0 aromatic heterocycles. The van der Waals surface area contributed by atoms with Gasteiger partial charge in [-0.2, -0.15) is 0 Å². The summed E-state index contributed by atoms with van der Waals surface area (Å²) in [6, 6.07) is 23.1. The summed E-state index contributed by atoms with van der Waals surface area (Å²) in [6.07, 6.45) is 29.8. The van der Waals surface area contributed by atoms with Crippen LogP contribution >= 0.6 is 34.8 Å². The fourth-order valence-electron chi connectivity index (χ4n) is 13.0. The van der Waals surface area contributed by atoms with Gasteiger partial charge >= 0.3 is 162 Å². The molecule has 4 heterocycles. The molecule has 494 valence electrons. The number of hydrogen-bond donors (Lipinski definition) is 4. The number of nitrogens with one attached hydrogen (secondary N) is 2. The maximum absolute atomic E-state index is 12.5. The summed E-state index contributed by atoms with van der Waals surface area (Å²) in [4.78, 5) is 60.8. The molecule has 0 unspecified atom stereocenters. The number of carboxylic acids is 1. The van der Waals surface area contributed by atoms with Crippen LogP contribution < -0.4 is 163 Å². The number of benzene rings is 4. The van der Waals surface area contributed by atoms with Crippen molar-refractivity contribution in [3.8, 4) is 0 Å². The van der Waals surface area contributed by atoms with Crippen LogP contribution in [0.4, 0.5) is 15.8 Å². The standard InChI is InChI=1S/C20H28ClNO2.C19H27ClN2O2.C12H23N.C9H10O3.C8H6ClFO2.CH2O3.2Cs.H/c1-24-20(23)18-8-7-17(14-19(18)21)22-11-9-16(10-12-22)13-15-5-3-2-4-6-15;1-24-19(23)17-3-2-16(13-18(17)20)22-10-6-15(7-11-22)12-14-4-8-21-9-5-14;1-2-4-11(5-3-1)10-12-6-8-13-9-7-12;1-9(12,8(10)11)7-5-3-2-4-6-7;1-12-8(11)6-3-2-5(10)4-7(6)9;2-1-4-3;;;/h7-8,14-16H,2-6,9-13H2,1H3;2-3,13-15,21H,4-12H2,1H3;11-13H,1-10H2;2-6,12H,1H3,(H,10,11);2-4H,1H3;1,3H;;;/q;;;;;;2*+1;-1/p-1/t;;;9-;;;;;/m...1...../s1. The van der Waals surface area contributed by atoms with E-state index in [0.29, 0.717) is 26.7 Å². The quantitative estimate of drug-likeness (QED) is 0.0311. The molecule has 0 bridgehead atoms. The molecule has 0 amide bonds. The van der Waals surface area contributed by atoms with Crippen molar-refractivity contribution in [2.45, 2.75) is 147 Å². The number of carboxylic acid groups (broad SMARTS) is 1. The van der Waals surface area contributed by atoms with Crippen LogP contribution in [0.1, 0.15) is 180 Å². The van der Waals surface area contributed by atoms with Gasteiger partial charge in [0.15, 0.2) is 5.60 Å². The SMILES string of the molecule is C1CCC(CC2CCNCC2)CC1.COC(=O)c1ccc(F)cc1Cl.COC(=O)c1ccc(N2CCC(CC3CCCCC3)CC2)cc1Cl.COC(=O)c1ccc(N2CCC(CC3CCNCC3)CC2)cc1Cl.C[C@](O)(C(=O)O)c1ccccc1.O=CO[O-].[Cs+].[Cs+].[H-]. The Labute approximate surface area is 673 Å². The Morgan fingerprint density at radius 1 is 0.549 bits per heavy atom. The molecule has 2 saturated carbocycles. The summed E-state index contributed by atoms with van der Waals surface area (Å²) in [5.41, 5.74) is 1.86. The van der Waals surface area contributed by atoms with E-state index < -0.39 is 23.4 Å². The number of rotatable bonds is 14. The molecule has 2 aliphatic carbocycles. The largest absolute Gasteiger partial charge is 1.00 e. The molecule has 22 heteroatoms. The maximum Gasteiger partial charge on any atom is 1.00 e. The molecule has 4 aliphatic heterocycles. The van der Waals surface area contributed by atoms with E-state index in [1.54, 1.807) is 48.9 Å². The first-order chi connectivity index (χ1) is 42.9. The summed E-state index contributed by atoms with van der Waals surface area (Å²) in [5, 5.41) is 34.4. The number of aliphatic hydroxyl groups is 1. The number of anilines is 2. The van der Waals surface area contributed by atoms with Crippen LogP contribution in [0.3, 0.4) is 0 Å². The van der Waals surface area contributed by atoms with E-state index in [2.05, 4.69) is 30.1 Å². The minimum Gasteiger partial charge on any atom is -1.00 e. The van der Waals surface area contributed by atoms with Crippen molar-refractivity contribution in [3.05, 3.63) is 128 Å². The Morgan fingerprint density at radius 2 is 0.868 bits per heavy atom. The molecule has 16 nitrogen and oxygen atoms in total. The van der Waals surface area contributed by atoms with E-state index in [1.807, 2.05) is 24.3 Å². The minimum absolute atomic E-state index is 0. The number of methoxy groups -OCH3 is 3. The number of carbonyl (C=O) groups is 5. The van der Waals surface area contributed by atoms with E-state index in [0.717, 1.165) is 85.2 Å². The second kappa shape index (κ2) is 46.7. The van der Waals surface area contributed by atoms with Crippen LogP contribution in [0.15, 0.2) is 84.9 Å². The average molecular weight is 1560 g/mol. The van der Waals surface area contributed by atoms with Gasteiger partial charge in [-0.1, -0.05) is 129 Å². The Balaban J connectivity index is 0.000000396. The van der Waals surface area contributed by atoms with E-state index in [1.165, 1.54) is 189 Å². The number of aliphatic carboxylic acids is 1. The molecule has 0 spiro atoms. The van der Waals surface area contributed by atoms with Crippen LogP contribution in [0, 0.1) is 41.3 Å². The molecule has 4 N–H and O–H groups in total. The van der Waals surface area contributed by atoms with E-state index >= 15 is 0 Å². The number of ether oxygens (including phenoxy) is 3. The van der Waals surface area contributed by atoms with Gasteiger partial charge in [0.2, 0.25) is 0 Å². The topological polar surface area (TPSA) is 216 Å². The van der Waals surface area contributed by atoms with Gasteiger partial charge in [0.1, 0.15) is 5.82 Å². The Bertz CT molecular complexity index is 2650. The third-order valence-corrected chi connectivity index (χ3v) is 19.1. The van der Waals surface area contributed by atoms with Gasteiger partial charge in [-0.05, 0) is 199 Å². The average Bonchev–Trinajstić information content (AvgIpc) is 0.941. The van der Waals surface area contributed by atoms with Gasteiger partial charge in [0, 0.05) is 37.6 Å². The smallest absolute Gasteiger partial charge is 1.00 e. The van der Waals surface area contributed by atoms with Crippen molar-refractivity contribution in [3.63, 3.8) is 0 Å². The molecule has 4 aromatic carbocycles. The van der Waals surface area contributed by atoms with Crippen molar-refractivity contribution in [1.82, 2.24) is 10.6 Å². The molecule has 4 saturated heterocycles. The first kappa shape index (κ1) is 83.8. The van der Waals surface area contributed by atoms with E-state index in [4.69, 9.17) is 59.4 Å². The normalized spacial score (nSPS) is 18.1. The van der Waals surface area contributed by atoms with Gasteiger partial charge in [0.05, 0.1) is 53.1 Å². The van der Waals surface area contributed by atoms with Gasteiger partial charge in [0.25, 0.3) is 6.47 Å². The Morgan fingerprint density at radius 3 is 1.18 bits per heavy atom. The minimum atomic E-state index is -1.79. The molecule has 91 heavy (non-hydrogen) atoms. The van der Waals surface area contributed by atoms with Crippen LogP contribution in [0.2, 0.25) is 15.1 Å². The number of hydrogen-bond acceptors (Lipinski definition) is 15. The predicted molar refractivity (Wildman–Crippen MR) is 348 cm³/mol. The van der Waals surface area contributed by atoms with Gasteiger partial charge in [-0.25, -0.2) is 23.6 Å². The third kappa shape index (κ3) is 30.1. The van der Waals surface area contributed by atoms with Crippen LogP contribution in [-0.2, 0) is 34.3 Å². The molecular formula is C69H96Cl3Cs2FN4O12. The van der Waals surface area contributed by atoms with Crippen LogP contribution in [-0.4, -0.2) is 114 Å². The summed E-state index contributed by atoms with van der Waals surface area (Å²) in [5.74, 6) is 2.73. The fourth-order valence-corrected chi connectivity index (χ4v) is 13.7. The molecule has 1 atom stereocenters. The van der Waals surface area contributed by atoms with Crippen molar-refractivity contribution >= 4 is 76.5 Å². The second-order valence-corrected chi connectivity index (χ2v) is 25.5. The summed E-state index contributed by atoms with van der Waals surface area (Å²) in [6.45, 7) is 10.3. The van der Waals surface area contributed by atoms with Gasteiger partial charge in [-0.15, -0.1) is 0 Å².